The standard InChI is InChI=1S/C11H10N2S/c1-7-11-8-4-2-3-5-9(8)14-10(11)6-13(7)12/h2-6H,12H2,1H3. The van der Waals surface area contributed by atoms with Crippen LogP contribution in [0.25, 0.3) is 20.2 Å². The molecular weight excluding hydrogens is 192 g/mol. The second kappa shape index (κ2) is 2.51. The number of hydrogen-bond donors (Lipinski definition) is 1. The van der Waals surface area contributed by atoms with Gasteiger partial charge in [0.15, 0.2) is 0 Å². The van der Waals surface area contributed by atoms with Gasteiger partial charge in [-0.2, -0.15) is 0 Å². The van der Waals surface area contributed by atoms with E-state index in [1.54, 1.807) is 16.0 Å². The monoisotopic (exact) mass is 202 g/mol. The summed E-state index contributed by atoms with van der Waals surface area (Å²) in [4.78, 5) is 0. The Morgan fingerprint density at radius 3 is 2.86 bits per heavy atom. The average Bonchev–Trinajstić information content (AvgIpc) is 2.65. The number of nitrogens with zero attached hydrogens (tertiary/aromatic N) is 1. The third kappa shape index (κ3) is 0.849. The Labute approximate surface area is 85.5 Å². The zero-order chi connectivity index (χ0) is 9.71. The van der Waals surface area contributed by atoms with Crippen LogP contribution in [0.3, 0.4) is 0 Å². The number of aromatic nitrogens is 1. The van der Waals surface area contributed by atoms with Crippen LogP contribution in [0.15, 0.2) is 30.5 Å². The molecule has 2 nitrogen and oxygen atoms in total. The first kappa shape index (κ1) is 7.88. The molecule has 1 aromatic carbocycles. The summed E-state index contributed by atoms with van der Waals surface area (Å²) in [5.74, 6) is 5.81. The molecule has 0 spiro atoms. The number of nitrogen functional groups attached to an aromatic ring is 1. The maximum Gasteiger partial charge on any atom is 0.0556 e. The van der Waals surface area contributed by atoms with Crippen molar-refractivity contribution in [1.82, 2.24) is 4.68 Å². The van der Waals surface area contributed by atoms with Gasteiger partial charge in [0.2, 0.25) is 0 Å². The summed E-state index contributed by atoms with van der Waals surface area (Å²) in [5.41, 5.74) is 1.14. The van der Waals surface area contributed by atoms with E-state index < -0.39 is 0 Å². The van der Waals surface area contributed by atoms with Crippen LogP contribution in [0, 0.1) is 6.92 Å². The van der Waals surface area contributed by atoms with Crippen molar-refractivity contribution in [3.8, 4) is 0 Å². The van der Waals surface area contributed by atoms with Gasteiger partial charge in [-0.1, -0.05) is 18.2 Å². The first-order valence-corrected chi connectivity index (χ1v) is 5.33. The molecule has 0 aliphatic carbocycles. The van der Waals surface area contributed by atoms with E-state index in [0.29, 0.717) is 0 Å². The molecule has 0 aliphatic heterocycles. The average molecular weight is 202 g/mol. The lowest BCUT2D eigenvalue weighted by molar-refractivity contribution is 0.971. The van der Waals surface area contributed by atoms with Crippen LogP contribution in [0.5, 0.6) is 0 Å². The summed E-state index contributed by atoms with van der Waals surface area (Å²) in [6.07, 6.45) is 2.00. The van der Waals surface area contributed by atoms with E-state index in [4.69, 9.17) is 5.84 Å². The number of fused-ring (bicyclic) bond motifs is 3. The van der Waals surface area contributed by atoms with Crippen molar-refractivity contribution in [2.45, 2.75) is 6.92 Å². The van der Waals surface area contributed by atoms with Gasteiger partial charge in [0.25, 0.3) is 0 Å². The van der Waals surface area contributed by atoms with Crippen molar-refractivity contribution in [1.29, 1.82) is 0 Å². The normalized spacial score (nSPS) is 11.5. The quantitative estimate of drug-likeness (QED) is 0.558. The summed E-state index contributed by atoms with van der Waals surface area (Å²) < 4.78 is 4.31. The first-order chi connectivity index (χ1) is 6.77. The fourth-order valence-electron chi connectivity index (χ4n) is 1.88. The van der Waals surface area contributed by atoms with Gasteiger partial charge < -0.3 is 5.84 Å². The molecule has 3 rings (SSSR count). The summed E-state index contributed by atoms with van der Waals surface area (Å²) in [7, 11) is 0. The molecule has 0 amide bonds. The number of thiophene rings is 1. The Bertz CT molecular complexity index is 619. The maximum absolute atomic E-state index is 5.81. The molecule has 0 saturated heterocycles. The highest BCUT2D eigenvalue weighted by molar-refractivity contribution is 7.25. The molecule has 0 bridgehead atoms. The minimum atomic E-state index is 1.14. The van der Waals surface area contributed by atoms with E-state index in [1.807, 2.05) is 6.20 Å². The van der Waals surface area contributed by atoms with E-state index in [0.717, 1.165) is 5.69 Å². The minimum Gasteiger partial charge on any atom is -0.339 e. The Hall–Kier alpha value is -1.48. The van der Waals surface area contributed by atoms with Crippen molar-refractivity contribution in [3.63, 3.8) is 0 Å². The summed E-state index contributed by atoms with van der Waals surface area (Å²) in [6.45, 7) is 2.06. The number of rotatable bonds is 0. The highest BCUT2D eigenvalue weighted by atomic mass is 32.1. The van der Waals surface area contributed by atoms with Gasteiger partial charge in [-0.05, 0) is 13.0 Å². The van der Waals surface area contributed by atoms with Gasteiger partial charge in [0.1, 0.15) is 0 Å². The predicted molar refractivity (Wildman–Crippen MR) is 62.2 cm³/mol. The van der Waals surface area contributed by atoms with Crippen LogP contribution < -0.4 is 5.84 Å². The molecule has 0 unspecified atom stereocenters. The van der Waals surface area contributed by atoms with Crippen molar-refractivity contribution in [2.75, 3.05) is 5.84 Å². The summed E-state index contributed by atoms with van der Waals surface area (Å²) in [5, 5.41) is 2.61. The van der Waals surface area contributed by atoms with E-state index >= 15 is 0 Å². The van der Waals surface area contributed by atoms with Crippen molar-refractivity contribution < 1.29 is 0 Å². The molecule has 0 fully saturated rings. The molecule has 0 atom stereocenters. The van der Waals surface area contributed by atoms with Gasteiger partial charge in [0, 0.05) is 27.4 Å². The molecule has 14 heavy (non-hydrogen) atoms. The number of nitrogens with two attached hydrogens (primary N) is 1. The van der Waals surface area contributed by atoms with Gasteiger partial charge in [0.05, 0.1) is 4.70 Å². The molecule has 70 valence electrons. The van der Waals surface area contributed by atoms with Crippen molar-refractivity contribution >= 4 is 31.5 Å². The fraction of sp³-hybridized carbons (Fsp3) is 0.0909. The SMILES string of the molecule is Cc1c2c(cn1N)sc1ccccc12. The number of hydrogen-bond acceptors (Lipinski definition) is 2. The van der Waals surface area contributed by atoms with E-state index in [-0.39, 0.29) is 0 Å². The van der Waals surface area contributed by atoms with Gasteiger partial charge in [-0.3, -0.25) is 4.68 Å². The molecule has 0 saturated carbocycles. The zero-order valence-corrected chi connectivity index (χ0v) is 8.64. The maximum atomic E-state index is 5.81. The van der Waals surface area contributed by atoms with Crippen LogP contribution in [0.1, 0.15) is 5.69 Å². The molecular formula is C11H10N2S. The Morgan fingerprint density at radius 2 is 2.00 bits per heavy atom. The van der Waals surface area contributed by atoms with Gasteiger partial charge >= 0.3 is 0 Å². The van der Waals surface area contributed by atoms with E-state index in [9.17, 15) is 0 Å². The lowest BCUT2D eigenvalue weighted by Crippen LogP contribution is -2.07. The fourth-order valence-corrected chi connectivity index (χ4v) is 3.07. The molecule has 2 heterocycles. The molecule has 0 radical (unpaired) electrons. The van der Waals surface area contributed by atoms with Gasteiger partial charge in [-0.25, -0.2) is 0 Å². The van der Waals surface area contributed by atoms with E-state index in [2.05, 4.69) is 31.2 Å². The van der Waals surface area contributed by atoms with Crippen LogP contribution in [-0.2, 0) is 0 Å². The van der Waals surface area contributed by atoms with Crippen molar-refractivity contribution in [3.05, 3.63) is 36.2 Å². The second-order valence-corrected chi connectivity index (χ2v) is 4.54. The lowest BCUT2D eigenvalue weighted by Gasteiger charge is -1.95. The molecule has 3 aromatic rings. The van der Waals surface area contributed by atoms with Crippen molar-refractivity contribution in [2.24, 2.45) is 0 Å². The molecule has 2 aromatic heterocycles. The topological polar surface area (TPSA) is 30.9 Å². The third-order valence-electron chi connectivity index (χ3n) is 2.63. The minimum absolute atomic E-state index is 1.14. The van der Waals surface area contributed by atoms with Crippen LogP contribution in [-0.4, -0.2) is 4.68 Å². The second-order valence-electron chi connectivity index (χ2n) is 3.46. The predicted octanol–water partition coefficient (Wildman–Crippen LogP) is 2.88. The highest BCUT2D eigenvalue weighted by Crippen LogP contribution is 2.35. The van der Waals surface area contributed by atoms with Crippen LogP contribution in [0.2, 0.25) is 0 Å². The van der Waals surface area contributed by atoms with Crippen LogP contribution >= 0.6 is 11.3 Å². The molecule has 3 heteroatoms. The third-order valence-corrected chi connectivity index (χ3v) is 3.73. The zero-order valence-electron chi connectivity index (χ0n) is 7.82. The van der Waals surface area contributed by atoms with Gasteiger partial charge in [-0.15, -0.1) is 11.3 Å². The number of aryl methyl sites for hydroxylation is 1. The summed E-state index contributed by atoms with van der Waals surface area (Å²) in [6, 6.07) is 8.45. The smallest absolute Gasteiger partial charge is 0.0556 e. The Balaban J connectivity index is 2.62. The summed E-state index contributed by atoms with van der Waals surface area (Å²) >= 11 is 1.80. The lowest BCUT2D eigenvalue weighted by atomic mass is 10.2. The van der Waals surface area contributed by atoms with Crippen LogP contribution in [0.4, 0.5) is 0 Å². The first-order valence-electron chi connectivity index (χ1n) is 4.51. The molecule has 0 aliphatic rings. The number of benzene rings is 1. The van der Waals surface area contributed by atoms with E-state index in [1.165, 1.54) is 20.2 Å². The largest absolute Gasteiger partial charge is 0.339 e. The molecule has 2 N–H and O–H groups in total. The Morgan fingerprint density at radius 1 is 1.21 bits per heavy atom. The Kier molecular flexibility index (Phi) is 1.42. The highest BCUT2D eigenvalue weighted by Gasteiger charge is 2.09.